The first-order chi connectivity index (χ1) is 14.2. The number of hydrogen-bond donors (Lipinski definition) is 0. The number of nitro benzene ring substituents is 1. The quantitative estimate of drug-likeness (QED) is 0.359. The summed E-state index contributed by atoms with van der Waals surface area (Å²) in [5.74, 6) is -0.375. The molecule has 0 N–H and O–H groups in total. The number of carbonyl (C=O) groups excluding carboxylic acids is 1. The molecule has 8 heteroatoms. The van der Waals surface area contributed by atoms with Gasteiger partial charge < -0.3 is 4.90 Å². The second-order valence-corrected chi connectivity index (χ2v) is 8.40. The zero-order valence-electron chi connectivity index (χ0n) is 16.8. The monoisotopic (exact) mass is 475 g/mol. The molecular formula is C22H23BrFN3O3. The Morgan fingerprint density at radius 1 is 1.20 bits per heavy atom. The summed E-state index contributed by atoms with van der Waals surface area (Å²) in [7, 11) is 0. The van der Waals surface area contributed by atoms with Crippen molar-refractivity contribution in [1.29, 1.82) is 0 Å². The molecule has 3 rings (SSSR count). The van der Waals surface area contributed by atoms with Crippen molar-refractivity contribution >= 4 is 33.6 Å². The van der Waals surface area contributed by atoms with Gasteiger partial charge in [0.25, 0.3) is 5.69 Å². The largest absolute Gasteiger partial charge is 0.334 e. The van der Waals surface area contributed by atoms with Gasteiger partial charge >= 0.3 is 0 Å². The molecule has 0 saturated carbocycles. The molecule has 0 aromatic heterocycles. The topological polar surface area (TPSA) is 66.7 Å². The molecule has 30 heavy (non-hydrogen) atoms. The highest BCUT2D eigenvalue weighted by Gasteiger charge is 2.31. The highest BCUT2D eigenvalue weighted by Crippen LogP contribution is 2.26. The predicted molar refractivity (Wildman–Crippen MR) is 117 cm³/mol. The number of amides is 1. The lowest BCUT2D eigenvalue weighted by atomic mass is 10.1. The Hall–Kier alpha value is -2.58. The smallest absolute Gasteiger partial charge is 0.284 e. The summed E-state index contributed by atoms with van der Waals surface area (Å²) < 4.78 is 13.5. The fraction of sp³-hybridized carbons (Fsp3) is 0.318. The molecule has 0 unspecified atom stereocenters. The third kappa shape index (κ3) is 5.31. The molecule has 0 spiro atoms. The Bertz CT molecular complexity index is 965. The summed E-state index contributed by atoms with van der Waals surface area (Å²) in [5.41, 5.74) is 1.59. The first kappa shape index (κ1) is 22.1. The number of nitro groups is 1. The van der Waals surface area contributed by atoms with Gasteiger partial charge in [0.05, 0.1) is 9.40 Å². The minimum absolute atomic E-state index is 0.0121. The number of nitrogens with zero attached hydrogens (tertiary/aromatic N) is 3. The average molecular weight is 476 g/mol. The van der Waals surface area contributed by atoms with Crippen LogP contribution >= 0.6 is 15.9 Å². The first-order valence-corrected chi connectivity index (χ1v) is 10.4. The highest BCUT2D eigenvalue weighted by molar-refractivity contribution is 9.10. The van der Waals surface area contributed by atoms with E-state index in [2.05, 4.69) is 27.8 Å². The van der Waals surface area contributed by atoms with E-state index in [0.29, 0.717) is 29.7 Å². The molecule has 1 aliphatic rings. The Morgan fingerprint density at radius 2 is 1.90 bits per heavy atom. The number of halogens is 2. The Kier molecular flexibility index (Phi) is 6.99. The molecule has 2 aromatic rings. The molecule has 2 atom stereocenters. The average Bonchev–Trinajstić information content (AvgIpc) is 2.71. The van der Waals surface area contributed by atoms with Gasteiger partial charge in [-0.2, -0.15) is 0 Å². The normalized spacial score (nSPS) is 19.9. The second kappa shape index (κ2) is 9.49. The van der Waals surface area contributed by atoms with Gasteiger partial charge in [0.15, 0.2) is 0 Å². The van der Waals surface area contributed by atoms with Crippen LogP contribution in [0.1, 0.15) is 25.0 Å². The van der Waals surface area contributed by atoms with Crippen LogP contribution in [0.25, 0.3) is 6.08 Å². The van der Waals surface area contributed by atoms with Crippen molar-refractivity contribution in [2.24, 2.45) is 0 Å². The summed E-state index contributed by atoms with van der Waals surface area (Å²) >= 11 is 3.16. The zero-order valence-corrected chi connectivity index (χ0v) is 18.4. The van der Waals surface area contributed by atoms with Crippen molar-refractivity contribution < 1.29 is 14.1 Å². The van der Waals surface area contributed by atoms with Crippen LogP contribution in [0.5, 0.6) is 0 Å². The molecule has 1 saturated heterocycles. The number of rotatable bonds is 5. The van der Waals surface area contributed by atoms with Gasteiger partial charge in [-0.05, 0) is 65.2 Å². The third-order valence-corrected chi connectivity index (χ3v) is 5.95. The fourth-order valence-corrected chi connectivity index (χ4v) is 3.98. The second-order valence-electron chi connectivity index (χ2n) is 7.55. The van der Waals surface area contributed by atoms with Crippen molar-refractivity contribution in [3.8, 4) is 0 Å². The summed E-state index contributed by atoms with van der Waals surface area (Å²) in [4.78, 5) is 27.5. The maximum absolute atomic E-state index is 13.1. The summed E-state index contributed by atoms with van der Waals surface area (Å²) in [6.07, 6.45) is 3.07. The molecule has 158 valence electrons. The van der Waals surface area contributed by atoms with Crippen LogP contribution < -0.4 is 0 Å². The number of benzene rings is 2. The molecule has 2 aromatic carbocycles. The van der Waals surface area contributed by atoms with E-state index in [-0.39, 0.29) is 29.5 Å². The van der Waals surface area contributed by atoms with E-state index in [1.54, 1.807) is 30.3 Å². The van der Waals surface area contributed by atoms with Crippen LogP contribution in [-0.2, 0) is 11.3 Å². The van der Waals surface area contributed by atoms with Crippen LogP contribution in [0.15, 0.2) is 53.0 Å². The van der Waals surface area contributed by atoms with Crippen LogP contribution in [0.3, 0.4) is 0 Å². The van der Waals surface area contributed by atoms with Crippen LogP contribution in [-0.4, -0.2) is 45.8 Å². The molecule has 1 fully saturated rings. The molecular weight excluding hydrogens is 453 g/mol. The van der Waals surface area contributed by atoms with Gasteiger partial charge in [0.2, 0.25) is 5.91 Å². The van der Waals surface area contributed by atoms with E-state index in [1.165, 1.54) is 24.3 Å². The van der Waals surface area contributed by atoms with E-state index in [4.69, 9.17) is 0 Å². The first-order valence-electron chi connectivity index (χ1n) is 9.65. The maximum Gasteiger partial charge on any atom is 0.284 e. The minimum atomic E-state index is -0.465. The Morgan fingerprint density at radius 3 is 2.57 bits per heavy atom. The van der Waals surface area contributed by atoms with E-state index in [1.807, 2.05) is 11.8 Å². The lowest BCUT2D eigenvalue weighted by Crippen LogP contribution is -2.57. The molecule has 0 bridgehead atoms. The Balaban J connectivity index is 1.65. The van der Waals surface area contributed by atoms with E-state index in [9.17, 15) is 19.3 Å². The van der Waals surface area contributed by atoms with Gasteiger partial charge in [-0.1, -0.05) is 18.2 Å². The van der Waals surface area contributed by atoms with Gasteiger partial charge in [-0.3, -0.25) is 19.8 Å². The summed E-state index contributed by atoms with van der Waals surface area (Å²) in [5, 5.41) is 11.1. The Labute approximate surface area is 183 Å². The van der Waals surface area contributed by atoms with Crippen LogP contribution in [0, 0.1) is 15.9 Å². The van der Waals surface area contributed by atoms with Crippen molar-refractivity contribution in [1.82, 2.24) is 9.80 Å². The van der Waals surface area contributed by atoms with E-state index in [0.717, 1.165) is 5.56 Å². The maximum atomic E-state index is 13.1. The van der Waals surface area contributed by atoms with Gasteiger partial charge in [-0.25, -0.2) is 4.39 Å². The third-order valence-electron chi connectivity index (χ3n) is 5.28. The molecule has 6 nitrogen and oxygen atoms in total. The van der Waals surface area contributed by atoms with Gasteiger partial charge in [0.1, 0.15) is 5.82 Å². The van der Waals surface area contributed by atoms with Crippen LogP contribution in [0.2, 0.25) is 0 Å². The van der Waals surface area contributed by atoms with E-state index < -0.39 is 4.92 Å². The zero-order chi connectivity index (χ0) is 21.8. The van der Waals surface area contributed by atoms with Crippen molar-refractivity contribution in [2.75, 3.05) is 13.1 Å². The van der Waals surface area contributed by atoms with Gasteiger partial charge in [0, 0.05) is 43.9 Å². The number of hydrogen-bond acceptors (Lipinski definition) is 4. The molecule has 1 heterocycles. The summed E-state index contributed by atoms with van der Waals surface area (Å²) in [6.45, 7) is 6.05. The summed E-state index contributed by atoms with van der Waals surface area (Å²) in [6, 6.07) is 11.4. The van der Waals surface area contributed by atoms with Crippen molar-refractivity contribution in [3.63, 3.8) is 0 Å². The molecule has 1 amide bonds. The van der Waals surface area contributed by atoms with E-state index >= 15 is 0 Å². The van der Waals surface area contributed by atoms with Crippen LogP contribution in [0.4, 0.5) is 10.1 Å². The molecule has 0 aliphatic carbocycles. The fourth-order valence-electron chi connectivity index (χ4n) is 3.59. The minimum Gasteiger partial charge on any atom is -0.334 e. The van der Waals surface area contributed by atoms with Gasteiger partial charge in [-0.15, -0.1) is 0 Å². The standard InChI is InChI=1S/C22H23BrFN3O3/c1-15-13-26(16(2)12-25(15)14-18-3-7-19(24)8-4-18)22(28)10-6-17-5-9-20(23)21(11-17)27(29)30/h3-11,15-16H,12-14H2,1-2H3/b10-6+/t15-,16+/m1/s1. The predicted octanol–water partition coefficient (Wildman–Crippen LogP) is 4.63. The lowest BCUT2D eigenvalue weighted by molar-refractivity contribution is -0.385. The number of carbonyl (C=O) groups is 1. The highest BCUT2D eigenvalue weighted by atomic mass is 79.9. The SMILES string of the molecule is C[C@@H]1CN(C(=O)/C=C/c2ccc(Br)c([N+](=O)[O-])c2)[C@@H](C)CN1Cc1ccc(F)cc1. The lowest BCUT2D eigenvalue weighted by Gasteiger charge is -2.44. The van der Waals surface area contributed by atoms with Crippen molar-refractivity contribution in [3.05, 3.63) is 80.1 Å². The number of piperazine rings is 1. The molecule has 1 aliphatic heterocycles. The molecule has 0 radical (unpaired) electrons. The van der Waals surface area contributed by atoms with Crippen molar-refractivity contribution in [2.45, 2.75) is 32.5 Å².